The number of amides is 1. The van der Waals surface area contributed by atoms with Gasteiger partial charge >= 0.3 is 0 Å². The number of morpholine rings is 1. The third kappa shape index (κ3) is 3.49. The van der Waals surface area contributed by atoms with E-state index in [-0.39, 0.29) is 12.2 Å². The van der Waals surface area contributed by atoms with Gasteiger partial charge in [0.05, 0.1) is 18.9 Å². The van der Waals surface area contributed by atoms with Crippen molar-refractivity contribution in [3.05, 3.63) is 70.7 Å². The van der Waals surface area contributed by atoms with E-state index >= 15 is 0 Å². The van der Waals surface area contributed by atoms with Crippen molar-refractivity contribution >= 4 is 17.5 Å². The highest BCUT2D eigenvalue weighted by Crippen LogP contribution is 2.27. The summed E-state index contributed by atoms with van der Waals surface area (Å²) in [7, 11) is 0. The molecule has 1 aromatic rings. The van der Waals surface area contributed by atoms with E-state index in [0.717, 1.165) is 24.4 Å². The number of carbonyl (C=O) groups excluding carboxylic acids is 1. The molecule has 0 radical (unpaired) electrons. The van der Waals surface area contributed by atoms with Crippen LogP contribution in [0.15, 0.2) is 60.1 Å². The molecule has 1 fully saturated rings. The summed E-state index contributed by atoms with van der Waals surface area (Å²) < 4.78 is 5.44. The highest BCUT2D eigenvalue weighted by Gasteiger charge is 2.36. The highest BCUT2D eigenvalue weighted by molar-refractivity contribution is 6.30. The van der Waals surface area contributed by atoms with Crippen molar-refractivity contribution < 1.29 is 9.53 Å². The highest BCUT2D eigenvalue weighted by atomic mass is 35.5. The van der Waals surface area contributed by atoms with Crippen molar-refractivity contribution in [3.63, 3.8) is 0 Å². The molecule has 0 spiro atoms. The molecule has 1 atom stereocenters. The van der Waals surface area contributed by atoms with E-state index in [4.69, 9.17) is 16.3 Å². The van der Waals surface area contributed by atoms with Crippen molar-refractivity contribution in [3.8, 4) is 0 Å². The molecule has 0 aliphatic carbocycles. The van der Waals surface area contributed by atoms with Gasteiger partial charge in [-0.2, -0.15) is 0 Å². The van der Waals surface area contributed by atoms with E-state index in [1.807, 2.05) is 48.7 Å². The number of rotatable bonds is 4. The fourth-order valence-electron chi connectivity index (χ4n) is 3.34. The summed E-state index contributed by atoms with van der Waals surface area (Å²) in [6, 6.07) is 7.50. The first-order valence-corrected chi connectivity index (χ1v) is 9.08. The van der Waals surface area contributed by atoms with Gasteiger partial charge in [-0.1, -0.05) is 29.8 Å². The molecule has 3 aliphatic rings. The molecule has 6 nitrogen and oxygen atoms in total. The molecule has 1 unspecified atom stereocenters. The van der Waals surface area contributed by atoms with Gasteiger partial charge in [0.25, 0.3) is 5.91 Å². The van der Waals surface area contributed by atoms with Crippen molar-refractivity contribution in [1.82, 2.24) is 20.4 Å². The number of carbonyl (C=O) groups is 1. The Balaban J connectivity index is 1.48. The van der Waals surface area contributed by atoms with Gasteiger partial charge in [0.2, 0.25) is 0 Å². The molecule has 0 saturated carbocycles. The first kappa shape index (κ1) is 17.1. The van der Waals surface area contributed by atoms with Gasteiger partial charge in [0.1, 0.15) is 5.70 Å². The molecule has 3 aliphatic heterocycles. The van der Waals surface area contributed by atoms with Crippen LogP contribution in [-0.4, -0.2) is 48.3 Å². The SMILES string of the molecule is O=C(NCc1cccc(Cl)c1)C1=C2C=CC=CN2C(N2CCOCC2)N1. The van der Waals surface area contributed by atoms with Gasteiger partial charge in [-0.3, -0.25) is 9.69 Å². The summed E-state index contributed by atoms with van der Waals surface area (Å²) in [5.41, 5.74) is 2.44. The minimum absolute atomic E-state index is 0.0676. The maximum atomic E-state index is 12.8. The summed E-state index contributed by atoms with van der Waals surface area (Å²) >= 11 is 6.01. The zero-order valence-electron chi connectivity index (χ0n) is 14.3. The molecule has 2 N–H and O–H groups in total. The lowest BCUT2D eigenvalue weighted by atomic mass is 10.2. The molecule has 7 heteroatoms. The number of fused-ring (bicyclic) bond motifs is 1. The first-order chi connectivity index (χ1) is 12.7. The van der Waals surface area contributed by atoms with Gasteiger partial charge in [-0.15, -0.1) is 0 Å². The average Bonchev–Trinajstić information content (AvgIpc) is 3.07. The normalized spacial score (nSPS) is 22.3. The van der Waals surface area contributed by atoms with Crippen LogP contribution in [0.3, 0.4) is 0 Å². The van der Waals surface area contributed by atoms with E-state index in [9.17, 15) is 4.79 Å². The Morgan fingerprint density at radius 2 is 2.15 bits per heavy atom. The van der Waals surface area contributed by atoms with Crippen molar-refractivity contribution in [2.75, 3.05) is 26.3 Å². The van der Waals surface area contributed by atoms with E-state index in [2.05, 4.69) is 20.4 Å². The quantitative estimate of drug-likeness (QED) is 0.843. The fourth-order valence-corrected chi connectivity index (χ4v) is 3.56. The van der Waals surface area contributed by atoms with E-state index in [1.165, 1.54) is 0 Å². The third-order valence-electron chi connectivity index (χ3n) is 4.64. The number of nitrogens with one attached hydrogen (secondary N) is 2. The molecule has 3 heterocycles. The van der Waals surface area contributed by atoms with Crippen LogP contribution in [0, 0.1) is 0 Å². The van der Waals surface area contributed by atoms with Crippen LogP contribution in [0.5, 0.6) is 0 Å². The topological polar surface area (TPSA) is 56.8 Å². The molecular formula is C19H21ClN4O2. The Kier molecular flexibility index (Phi) is 4.97. The molecule has 1 amide bonds. The minimum Gasteiger partial charge on any atom is -0.379 e. The Morgan fingerprint density at radius 3 is 2.96 bits per heavy atom. The Morgan fingerprint density at radius 1 is 1.31 bits per heavy atom. The Bertz CT molecular complexity index is 783. The summed E-state index contributed by atoms with van der Waals surface area (Å²) in [5.74, 6) is -0.124. The van der Waals surface area contributed by atoms with Crippen LogP contribution < -0.4 is 10.6 Å². The van der Waals surface area contributed by atoms with E-state index < -0.39 is 0 Å². The first-order valence-electron chi connectivity index (χ1n) is 8.71. The second-order valence-corrected chi connectivity index (χ2v) is 6.78. The molecule has 1 saturated heterocycles. The van der Waals surface area contributed by atoms with Crippen molar-refractivity contribution in [2.24, 2.45) is 0 Å². The predicted molar refractivity (Wildman–Crippen MR) is 99.8 cm³/mol. The third-order valence-corrected chi connectivity index (χ3v) is 4.88. The zero-order chi connectivity index (χ0) is 17.9. The number of allylic oxidation sites excluding steroid dienone is 3. The zero-order valence-corrected chi connectivity index (χ0v) is 15.1. The average molecular weight is 373 g/mol. The predicted octanol–water partition coefficient (Wildman–Crippen LogP) is 1.77. The maximum Gasteiger partial charge on any atom is 0.269 e. The lowest BCUT2D eigenvalue weighted by Crippen LogP contribution is -2.54. The number of benzene rings is 1. The van der Waals surface area contributed by atoms with E-state index in [1.54, 1.807) is 0 Å². The van der Waals surface area contributed by atoms with Crippen LogP contribution in [-0.2, 0) is 16.1 Å². The van der Waals surface area contributed by atoms with Crippen molar-refractivity contribution in [2.45, 2.75) is 12.8 Å². The number of nitrogens with zero attached hydrogens (tertiary/aromatic N) is 2. The molecule has 0 aromatic heterocycles. The van der Waals surface area contributed by atoms with Gasteiger partial charge < -0.3 is 20.3 Å². The maximum absolute atomic E-state index is 12.8. The van der Waals surface area contributed by atoms with Crippen LogP contribution in [0.2, 0.25) is 5.02 Å². The molecular weight excluding hydrogens is 352 g/mol. The summed E-state index contributed by atoms with van der Waals surface area (Å²) in [4.78, 5) is 17.2. The smallest absolute Gasteiger partial charge is 0.269 e. The van der Waals surface area contributed by atoms with E-state index in [0.29, 0.717) is 30.5 Å². The van der Waals surface area contributed by atoms with Gasteiger partial charge in [0.15, 0.2) is 6.29 Å². The molecule has 26 heavy (non-hydrogen) atoms. The number of hydrogen-bond acceptors (Lipinski definition) is 5. The van der Waals surface area contributed by atoms with Gasteiger partial charge in [-0.25, -0.2) is 0 Å². The summed E-state index contributed by atoms with van der Waals surface area (Å²) in [5, 5.41) is 7.03. The fraction of sp³-hybridized carbons (Fsp3) is 0.316. The molecule has 136 valence electrons. The molecule has 1 aromatic carbocycles. The van der Waals surface area contributed by atoms with Gasteiger partial charge in [0, 0.05) is 30.9 Å². The summed E-state index contributed by atoms with van der Waals surface area (Å²) in [6.45, 7) is 3.50. The number of ether oxygens (including phenoxy) is 1. The Hall–Kier alpha value is -2.28. The largest absolute Gasteiger partial charge is 0.379 e. The monoisotopic (exact) mass is 372 g/mol. The Labute approximate surface area is 157 Å². The summed E-state index contributed by atoms with van der Waals surface area (Å²) in [6.07, 6.45) is 7.81. The van der Waals surface area contributed by atoms with Gasteiger partial charge in [-0.05, 0) is 29.8 Å². The molecule has 4 rings (SSSR count). The standard InChI is InChI=1S/C19H21ClN4O2/c20-15-5-3-4-14(12-15)13-21-18(25)17-16-6-1-2-7-24(16)19(22-17)23-8-10-26-11-9-23/h1-7,12,19,22H,8-11,13H2,(H,21,25). The minimum atomic E-state index is -0.124. The molecule has 0 bridgehead atoms. The number of hydrogen-bond donors (Lipinski definition) is 2. The van der Waals surface area contributed by atoms with Crippen molar-refractivity contribution in [1.29, 1.82) is 0 Å². The van der Waals surface area contributed by atoms with Crippen LogP contribution in [0.4, 0.5) is 0 Å². The lowest BCUT2D eigenvalue weighted by Gasteiger charge is -2.37. The lowest BCUT2D eigenvalue weighted by molar-refractivity contribution is -0.118. The van der Waals surface area contributed by atoms with Crippen LogP contribution in [0.1, 0.15) is 5.56 Å². The second-order valence-electron chi connectivity index (χ2n) is 6.35. The number of halogens is 1. The van der Waals surface area contributed by atoms with Crippen LogP contribution >= 0.6 is 11.6 Å². The van der Waals surface area contributed by atoms with Crippen LogP contribution in [0.25, 0.3) is 0 Å². The second kappa shape index (κ2) is 7.53.